The van der Waals surface area contributed by atoms with E-state index in [9.17, 15) is 9.90 Å². The Morgan fingerprint density at radius 2 is 1.55 bits per heavy atom. The summed E-state index contributed by atoms with van der Waals surface area (Å²) in [4.78, 5) is 11.0. The fraction of sp³-hybridized carbons (Fsp3) is 0.407. The van der Waals surface area contributed by atoms with Gasteiger partial charge in [0.15, 0.2) is 0 Å². The lowest BCUT2D eigenvalue weighted by Crippen LogP contribution is -2.38. The molecular weight excluding hydrogens is 384 g/mol. The number of carbonyl (C=O) groups excluding carboxylic acids is 1. The van der Waals surface area contributed by atoms with Crippen LogP contribution < -0.4 is 9.67 Å². The summed E-state index contributed by atoms with van der Waals surface area (Å²) in [7, 11) is 0. The minimum atomic E-state index is -1.13. The minimum Gasteiger partial charge on any atom is -0.545 e. The maximum Gasteiger partial charge on any atom is 0.256 e. The fourth-order valence-corrected chi connectivity index (χ4v) is 4.04. The van der Waals surface area contributed by atoms with Gasteiger partial charge in [0.2, 0.25) is 0 Å². The number of nitrogens with zero attached hydrogens (tertiary/aromatic N) is 2. The van der Waals surface area contributed by atoms with E-state index >= 15 is 0 Å². The number of carboxylic acid groups (broad SMARTS) is 1. The quantitative estimate of drug-likeness (QED) is 0.302. The lowest BCUT2D eigenvalue weighted by molar-refractivity contribution is -0.695. The van der Waals surface area contributed by atoms with E-state index in [-0.39, 0.29) is 5.56 Å². The molecule has 3 rings (SSSR count). The van der Waals surface area contributed by atoms with Crippen LogP contribution in [-0.2, 0) is 19.5 Å². The van der Waals surface area contributed by atoms with Crippen molar-refractivity contribution in [2.75, 3.05) is 0 Å². The molecule has 0 radical (unpaired) electrons. The Morgan fingerprint density at radius 1 is 0.871 bits per heavy atom. The summed E-state index contributed by atoms with van der Waals surface area (Å²) in [5.41, 5.74) is 2.61. The van der Waals surface area contributed by atoms with Gasteiger partial charge in [0, 0.05) is 6.42 Å². The Labute approximate surface area is 186 Å². The number of unbranched alkanes of at least 4 members (excludes halogenated alkanes) is 6. The molecule has 4 heteroatoms. The average molecular weight is 419 g/mol. The molecule has 0 aliphatic rings. The zero-order valence-electron chi connectivity index (χ0n) is 18.6. The van der Waals surface area contributed by atoms with Gasteiger partial charge in [-0.2, -0.15) is 0 Å². The number of hydrogen-bond donors (Lipinski definition) is 0. The van der Waals surface area contributed by atoms with Gasteiger partial charge in [-0.15, -0.1) is 0 Å². The molecule has 0 spiro atoms. The highest BCUT2D eigenvalue weighted by atomic mass is 16.4. The Morgan fingerprint density at radius 3 is 2.23 bits per heavy atom. The molecule has 0 amide bonds. The van der Waals surface area contributed by atoms with E-state index in [1.165, 1.54) is 56.3 Å². The molecule has 0 N–H and O–H groups in total. The van der Waals surface area contributed by atoms with Crippen molar-refractivity contribution in [3.8, 4) is 0 Å². The maximum atomic E-state index is 11.0. The van der Waals surface area contributed by atoms with Crippen molar-refractivity contribution in [3.05, 3.63) is 89.5 Å². The molecule has 4 nitrogen and oxygen atoms in total. The molecular formula is C27H34N2O2. The van der Waals surface area contributed by atoms with Crippen LogP contribution in [0.15, 0.2) is 67.0 Å². The molecule has 3 aromatic rings. The van der Waals surface area contributed by atoms with E-state index in [4.69, 9.17) is 0 Å². The number of aromatic carboxylic acids is 1. The largest absolute Gasteiger partial charge is 0.545 e. The van der Waals surface area contributed by atoms with Gasteiger partial charge < -0.3 is 9.90 Å². The van der Waals surface area contributed by atoms with E-state index in [2.05, 4.69) is 58.8 Å². The summed E-state index contributed by atoms with van der Waals surface area (Å²) in [6.07, 6.45) is 14.4. The first kappa shape index (κ1) is 22.8. The van der Waals surface area contributed by atoms with Crippen molar-refractivity contribution in [2.45, 2.75) is 71.4 Å². The molecule has 0 unspecified atom stereocenters. The molecule has 2 aromatic carbocycles. The van der Waals surface area contributed by atoms with Crippen LogP contribution in [0.2, 0.25) is 0 Å². The molecule has 0 aliphatic heterocycles. The van der Waals surface area contributed by atoms with Crippen LogP contribution in [0.25, 0.3) is 0 Å². The molecule has 164 valence electrons. The molecule has 0 atom stereocenters. The third kappa shape index (κ3) is 7.09. The predicted molar refractivity (Wildman–Crippen MR) is 122 cm³/mol. The van der Waals surface area contributed by atoms with Gasteiger partial charge in [-0.1, -0.05) is 100 Å². The maximum absolute atomic E-state index is 11.0. The zero-order chi connectivity index (χ0) is 21.9. The van der Waals surface area contributed by atoms with Crippen LogP contribution >= 0.6 is 0 Å². The van der Waals surface area contributed by atoms with Gasteiger partial charge in [0.05, 0.1) is 5.97 Å². The van der Waals surface area contributed by atoms with Gasteiger partial charge >= 0.3 is 0 Å². The topological polar surface area (TPSA) is 48.9 Å². The van der Waals surface area contributed by atoms with E-state index < -0.39 is 5.97 Å². The third-order valence-electron chi connectivity index (χ3n) is 5.83. The minimum absolute atomic E-state index is 0.221. The van der Waals surface area contributed by atoms with Crippen molar-refractivity contribution in [1.29, 1.82) is 0 Å². The summed E-state index contributed by atoms with van der Waals surface area (Å²) in [5, 5.41) is 11.0. The first-order valence-electron chi connectivity index (χ1n) is 11.6. The lowest BCUT2D eigenvalue weighted by Gasteiger charge is -2.08. The van der Waals surface area contributed by atoms with Crippen LogP contribution in [0.5, 0.6) is 0 Å². The van der Waals surface area contributed by atoms with Crippen molar-refractivity contribution in [3.63, 3.8) is 0 Å². The number of carbonyl (C=O) groups is 1. The van der Waals surface area contributed by atoms with Gasteiger partial charge in [0.1, 0.15) is 25.5 Å². The Kier molecular flexibility index (Phi) is 8.89. The van der Waals surface area contributed by atoms with Crippen molar-refractivity contribution >= 4 is 5.97 Å². The summed E-state index contributed by atoms with van der Waals surface area (Å²) in [6.45, 7) is 3.86. The van der Waals surface area contributed by atoms with Gasteiger partial charge in [-0.05, 0) is 23.1 Å². The Bertz CT molecular complexity index is 930. The molecule has 0 bridgehead atoms. The zero-order valence-corrected chi connectivity index (χ0v) is 18.6. The molecule has 0 aliphatic carbocycles. The third-order valence-corrected chi connectivity index (χ3v) is 5.83. The van der Waals surface area contributed by atoms with Crippen molar-refractivity contribution in [2.24, 2.45) is 0 Å². The second-order valence-corrected chi connectivity index (χ2v) is 8.31. The number of rotatable bonds is 13. The van der Waals surface area contributed by atoms with Crippen molar-refractivity contribution < 1.29 is 14.5 Å². The number of aromatic nitrogens is 2. The summed E-state index contributed by atoms with van der Waals surface area (Å²) in [6, 6.07) is 17.6. The molecule has 0 saturated heterocycles. The SMILES string of the molecule is CCCCCCCCCc1n(Cc2ccc(C(=O)[O-])cc2)cc[n+]1Cc1ccccc1. The monoisotopic (exact) mass is 418 g/mol. The highest BCUT2D eigenvalue weighted by Crippen LogP contribution is 2.12. The van der Waals surface area contributed by atoms with Crippen LogP contribution in [-0.4, -0.2) is 10.5 Å². The number of benzene rings is 2. The second kappa shape index (κ2) is 12.1. The van der Waals surface area contributed by atoms with Crippen LogP contribution in [0.3, 0.4) is 0 Å². The number of hydrogen-bond acceptors (Lipinski definition) is 2. The Hall–Kier alpha value is -2.88. The van der Waals surface area contributed by atoms with E-state index in [0.717, 1.165) is 25.1 Å². The van der Waals surface area contributed by atoms with Crippen LogP contribution in [0, 0.1) is 0 Å². The Balaban J connectivity index is 1.69. The molecule has 1 aromatic heterocycles. The molecule has 1 heterocycles. The molecule has 0 fully saturated rings. The summed E-state index contributed by atoms with van der Waals surface area (Å²) in [5.74, 6) is 0.189. The first-order valence-corrected chi connectivity index (χ1v) is 11.6. The molecule has 31 heavy (non-hydrogen) atoms. The smallest absolute Gasteiger partial charge is 0.256 e. The van der Waals surface area contributed by atoms with E-state index in [1.54, 1.807) is 12.1 Å². The van der Waals surface area contributed by atoms with Crippen LogP contribution in [0.4, 0.5) is 0 Å². The first-order chi connectivity index (χ1) is 15.2. The average Bonchev–Trinajstić information content (AvgIpc) is 3.15. The lowest BCUT2D eigenvalue weighted by atomic mass is 10.1. The normalized spacial score (nSPS) is 11.0. The van der Waals surface area contributed by atoms with E-state index in [0.29, 0.717) is 0 Å². The predicted octanol–water partition coefficient (Wildman–Crippen LogP) is 4.53. The number of carboxylic acids is 1. The summed E-state index contributed by atoms with van der Waals surface area (Å²) >= 11 is 0. The van der Waals surface area contributed by atoms with E-state index in [1.807, 2.05) is 12.1 Å². The summed E-state index contributed by atoms with van der Waals surface area (Å²) < 4.78 is 4.65. The van der Waals surface area contributed by atoms with Crippen molar-refractivity contribution in [1.82, 2.24) is 4.57 Å². The van der Waals surface area contributed by atoms with Gasteiger partial charge in [0.25, 0.3) is 5.82 Å². The van der Waals surface area contributed by atoms with Gasteiger partial charge in [-0.3, -0.25) is 0 Å². The van der Waals surface area contributed by atoms with Crippen LogP contribution in [0.1, 0.15) is 79.2 Å². The standard InChI is InChI=1S/C27H34N2O2/c1-2-3-4-5-6-7-11-14-26-28(21-23-12-9-8-10-13-23)19-20-29(26)22-24-15-17-25(18-16-24)27(30)31/h8-10,12-13,15-20H,2-7,11,14,21-22H2,1H3. The fourth-order valence-electron chi connectivity index (χ4n) is 4.04. The molecule has 0 saturated carbocycles. The second-order valence-electron chi connectivity index (χ2n) is 8.31. The highest BCUT2D eigenvalue weighted by Gasteiger charge is 2.17. The number of imidazole rings is 1. The van der Waals surface area contributed by atoms with Gasteiger partial charge in [-0.25, -0.2) is 9.13 Å². The highest BCUT2D eigenvalue weighted by molar-refractivity contribution is 5.85.